The lowest BCUT2D eigenvalue weighted by Crippen LogP contribution is -2.36. The van der Waals surface area contributed by atoms with E-state index in [1.165, 1.54) is 15.4 Å². The summed E-state index contributed by atoms with van der Waals surface area (Å²) in [5.74, 6) is 0.902. The Morgan fingerprint density at radius 2 is 1.81 bits per heavy atom. The molecule has 0 N–H and O–H groups in total. The van der Waals surface area contributed by atoms with Crippen LogP contribution in [0.25, 0.3) is 11.0 Å². The predicted octanol–water partition coefficient (Wildman–Crippen LogP) is 3.12. The zero-order chi connectivity index (χ0) is 22.9. The summed E-state index contributed by atoms with van der Waals surface area (Å²) in [7, 11) is -1.63. The number of benzene rings is 2. The SMILES string of the molecule is CCN(CC)S(=O)(=O)c1ccc2c(c1)nc(CCC(=O)N1CCc3ccccc3C1)n2C. The quantitative estimate of drug-likeness (QED) is 0.550. The van der Waals surface area contributed by atoms with Gasteiger partial charge in [0.2, 0.25) is 15.9 Å². The molecule has 0 unspecified atom stereocenters. The molecular formula is C24H30N4O3S. The van der Waals surface area contributed by atoms with Crippen LogP contribution in [0.4, 0.5) is 0 Å². The topological polar surface area (TPSA) is 75.5 Å². The minimum absolute atomic E-state index is 0.122. The van der Waals surface area contributed by atoms with Crippen molar-refractivity contribution in [3.8, 4) is 0 Å². The number of imidazole rings is 1. The van der Waals surface area contributed by atoms with Gasteiger partial charge in [-0.1, -0.05) is 38.1 Å². The molecule has 3 aromatic rings. The molecule has 2 aromatic carbocycles. The van der Waals surface area contributed by atoms with Crippen LogP contribution in [-0.4, -0.2) is 52.7 Å². The lowest BCUT2D eigenvalue weighted by Gasteiger charge is -2.29. The molecule has 4 rings (SSSR count). The first-order valence-electron chi connectivity index (χ1n) is 11.1. The highest BCUT2D eigenvalue weighted by atomic mass is 32.2. The second kappa shape index (κ2) is 9.03. The minimum Gasteiger partial charge on any atom is -0.338 e. The number of aromatic nitrogens is 2. The van der Waals surface area contributed by atoms with Gasteiger partial charge in [-0.3, -0.25) is 4.79 Å². The third-order valence-corrected chi connectivity index (χ3v) is 8.38. The molecule has 170 valence electrons. The summed E-state index contributed by atoms with van der Waals surface area (Å²) >= 11 is 0. The van der Waals surface area contributed by atoms with Crippen molar-refractivity contribution in [2.75, 3.05) is 19.6 Å². The van der Waals surface area contributed by atoms with Crippen molar-refractivity contribution in [3.63, 3.8) is 0 Å². The number of carbonyl (C=O) groups is 1. The zero-order valence-corrected chi connectivity index (χ0v) is 19.7. The summed E-state index contributed by atoms with van der Waals surface area (Å²) in [6.45, 7) is 5.91. The minimum atomic E-state index is -3.54. The molecule has 8 heteroatoms. The summed E-state index contributed by atoms with van der Waals surface area (Å²) < 4.78 is 29.1. The molecule has 0 spiro atoms. The molecule has 0 aliphatic carbocycles. The Hall–Kier alpha value is -2.71. The Morgan fingerprint density at radius 1 is 1.09 bits per heavy atom. The summed E-state index contributed by atoms with van der Waals surface area (Å²) in [6, 6.07) is 13.3. The van der Waals surface area contributed by atoms with E-state index in [-0.39, 0.29) is 10.8 Å². The number of sulfonamides is 1. The maximum Gasteiger partial charge on any atom is 0.243 e. The van der Waals surface area contributed by atoms with Crippen LogP contribution in [0.5, 0.6) is 0 Å². The average Bonchev–Trinajstić information content (AvgIpc) is 3.12. The molecule has 0 bridgehead atoms. The standard InChI is InChI=1S/C24H30N4O3S/c1-4-28(5-2)32(30,31)20-10-11-22-21(16-20)25-23(26(22)3)12-13-24(29)27-15-14-18-8-6-7-9-19(18)17-27/h6-11,16H,4-5,12-15,17H2,1-3H3. The number of amides is 1. The monoisotopic (exact) mass is 454 g/mol. The molecule has 1 amide bonds. The summed E-state index contributed by atoms with van der Waals surface area (Å²) in [5, 5.41) is 0. The van der Waals surface area contributed by atoms with Crippen molar-refractivity contribution >= 4 is 27.0 Å². The predicted molar refractivity (Wildman–Crippen MR) is 125 cm³/mol. The van der Waals surface area contributed by atoms with Crippen molar-refractivity contribution in [1.82, 2.24) is 18.8 Å². The molecule has 0 radical (unpaired) electrons. The fourth-order valence-corrected chi connectivity index (χ4v) is 5.89. The summed E-state index contributed by atoms with van der Waals surface area (Å²) in [4.78, 5) is 19.7. The van der Waals surface area contributed by atoms with Crippen LogP contribution >= 0.6 is 0 Å². The largest absolute Gasteiger partial charge is 0.338 e. The van der Waals surface area contributed by atoms with E-state index in [4.69, 9.17) is 0 Å². The van der Waals surface area contributed by atoms with Crippen LogP contribution in [0.2, 0.25) is 0 Å². The fraction of sp³-hybridized carbons (Fsp3) is 0.417. The number of rotatable bonds is 7. The van der Waals surface area contributed by atoms with Gasteiger partial charge < -0.3 is 9.47 Å². The first-order chi connectivity index (χ1) is 15.3. The number of carbonyl (C=O) groups excluding carboxylic acids is 1. The maximum absolute atomic E-state index is 12.8. The molecule has 0 saturated heterocycles. The number of aryl methyl sites for hydroxylation is 2. The smallest absolute Gasteiger partial charge is 0.243 e. The second-order valence-electron chi connectivity index (χ2n) is 8.16. The van der Waals surface area contributed by atoms with Gasteiger partial charge in [0.15, 0.2) is 0 Å². The number of fused-ring (bicyclic) bond motifs is 2. The first-order valence-corrected chi connectivity index (χ1v) is 12.6. The highest BCUT2D eigenvalue weighted by molar-refractivity contribution is 7.89. The molecule has 7 nitrogen and oxygen atoms in total. The molecule has 2 heterocycles. The van der Waals surface area contributed by atoms with Crippen molar-refractivity contribution in [3.05, 3.63) is 59.4 Å². The zero-order valence-electron chi connectivity index (χ0n) is 18.9. The highest BCUT2D eigenvalue weighted by Crippen LogP contribution is 2.24. The van der Waals surface area contributed by atoms with Gasteiger partial charge in [-0.2, -0.15) is 4.31 Å². The van der Waals surface area contributed by atoms with Crippen molar-refractivity contribution in [2.45, 2.75) is 44.6 Å². The third kappa shape index (κ3) is 4.17. The van der Waals surface area contributed by atoms with Gasteiger partial charge in [0.05, 0.1) is 15.9 Å². The van der Waals surface area contributed by atoms with Gasteiger partial charge in [0, 0.05) is 46.1 Å². The molecule has 1 aromatic heterocycles. The molecule has 0 fully saturated rings. The molecule has 0 saturated carbocycles. The van der Waals surface area contributed by atoms with Crippen LogP contribution in [0, 0.1) is 0 Å². The van der Waals surface area contributed by atoms with Crippen molar-refractivity contribution in [2.24, 2.45) is 7.05 Å². The molecule has 1 aliphatic rings. The lowest BCUT2D eigenvalue weighted by molar-refractivity contribution is -0.132. The van der Waals surface area contributed by atoms with Gasteiger partial charge in [0.25, 0.3) is 0 Å². The third-order valence-electron chi connectivity index (χ3n) is 6.33. The van der Waals surface area contributed by atoms with E-state index in [0.717, 1.165) is 24.3 Å². The van der Waals surface area contributed by atoms with E-state index in [1.807, 2.05) is 42.5 Å². The Bertz CT molecular complexity index is 1250. The molecular weight excluding hydrogens is 424 g/mol. The van der Waals surface area contributed by atoms with Gasteiger partial charge >= 0.3 is 0 Å². The van der Waals surface area contributed by atoms with E-state index in [0.29, 0.717) is 38.0 Å². The van der Waals surface area contributed by atoms with Crippen LogP contribution < -0.4 is 0 Å². The van der Waals surface area contributed by atoms with Gasteiger partial charge in [0.1, 0.15) is 5.82 Å². The van der Waals surface area contributed by atoms with E-state index in [2.05, 4.69) is 17.1 Å². The van der Waals surface area contributed by atoms with E-state index in [9.17, 15) is 13.2 Å². The Morgan fingerprint density at radius 3 is 2.53 bits per heavy atom. The van der Waals surface area contributed by atoms with Gasteiger partial charge in [-0.15, -0.1) is 0 Å². The maximum atomic E-state index is 12.8. The molecule has 32 heavy (non-hydrogen) atoms. The highest BCUT2D eigenvalue weighted by Gasteiger charge is 2.24. The summed E-state index contributed by atoms with van der Waals surface area (Å²) in [5.41, 5.74) is 4.03. The van der Waals surface area contributed by atoms with Crippen LogP contribution in [0.15, 0.2) is 47.4 Å². The Kier molecular flexibility index (Phi) is 6.35. The summed E-state index contributed by atoms with van der Waals surface area (Å²) in [6.07, 6.45) is 1.78. The van der Waals surface area contributed by atoms with Crippen molar-refractivity contribution in [1.29, 1.82) is 0 Å². The first kappa shape index (κ1) is 22.5. The lowest BCUT2D eigenvalue weighted by atomic mass is 9.99. The number of hydrogen-bond donors (Lipinski definition) is 0. The van der Waals surface area contributed by atoms with Crippen LogP contribution in [0.3, 0.4) is 0 Å². The fourth-order valence-electron chi connectivity index (χ4n) is 4.41. The van der Waals surface area contributed by atoms with E-state index < -0.39 is 10.0 Å². The van der Waals surface area contributed by atoms with Crippen molar-refractivity contribution < 1.29 is 13.2 Å². The molecule has 1 aliphatic heterocycles. The Labute approximate surface area is 189 Å². The normalized spacial score (nSPS) is 14.2. The number of hydrogen-bond acceptors (Lipinski definition) is 4. The van der Waals surface area contributed by atoms with Crippen LogP contribution in [-0.2, 0) is 41.3 Å². The average molecular weight is 455 g/mol. The van der Waals surface area contributed by atoms with Crippen LogP contribution in [0.1, 0.15) is 37.2 Å². The number of nitrogens with zero attached hydrogens (tertiary/aromatic N) is 4. The second-order valence-corrected chi connectivity index (χ2v) is 10.1. The van der Waals surface area contributed by atoms with Gasteiger partial charge in [-0.05, 0) is 35.7 Å². The van der Waals surface area contributed by atoms with E-state index in [1.54, 1.807) is 18.2 Å². The molecule has 0 atom stereocenters. The van der Waals surface area contributed by atoms with Gasteiger partial charge in [-0.25, -0.2) is 13.4 Å². The Balaban J connectivity index is 1.49. The van der Waals surface area contributed by atoms with E-state index >= 15 is 0 Å².